The number of aromatic nitrogens is 4. The van der Waals surface area contributed by atoms with Crippen molar-refractivity contribution in [2.45, 2.75) is 52.1 Å². The molecule has 172 valence electrons. The highest BCUT2D eigenvalue weighted by Crippen LogP contribution is 2.36. The molecule has 0 N–H and O–H groups in total. The molecular formula is C25H29ClN6O. The van der Waals surface area contributed by atoms with Gasteiger partial charge in [-0.25, -0.2) is 4.98 Å². The van der Waals surface area contributed by atoms with Crippen LogP contribution in [0.4, 0.5) is 5.95 Å². The fraction of sp³-hybridized carbons (Fsp3) is 0.520. The Balaban J connectivity index is 1.70. The lowest BCUT2D eigenvalue weighted by Gasteiger charge is -2.35. The van der Waals surface area contributed by atoms with Crippen molar-refractivity contribution in [2.24, 2.45) is 11.8 Å². The molecule has 0 bridgehead atoms. The number of fused-ring (bicyclic) bond motifs is 1. The molecule has 0 spiro atoms. The monoisotopic (exact) mass is 464 g/mol. The van der Waals surface area contributed by atoms with E-state index >= 15 is 0 Å². The minimum absolute atomic E-state index is 0.121. The molecular weight excluding hydrogens is 436 g/mol. The standard InChI is InChI=1S/C25H29ClN6O/c1-16-6-8-18(9-7-16)14-32-23-22(19-4-3-5-20(26)12-19)28-21(13-27)29-24(23)30-25(32)31-10-11-33-15-17(31)2/h3-5,12,16-18H,6-11,14-15H2,1-2H3/t16-,17-,18-/m1/s1. The molecule has 8 heteroatoms. The normalized spacial score (nSPS) is 23.6. The van der Waals surface area contributed by atoms with Gasteiger partial charge in [-0.3, -0.25) is 0 Å². The Labute approximate surface area is 199 Å². The van der Waals surface area contributed by atoms with Gasteiger partial charge in [0, 0.05) is 23.7 Å². The molecule has 7 nitrogen and oxygen atoms in total. The summed E-state index contributed by atoms with van der Waals surface area (Å²) >= 11 is 6.32. The zero-order chi connectivity index (χ0) is 22.9. The van der Waals surface area contributed by atoms with Gasteiger partial charge >= 0.3 is 0 Å². The third-order valence-electron chi connectivity index (χ3n) is 6.98. The summed E-state index contributed by atoms with van der Waals surface area (Å²) in [5.74, 6) is 2.39. The van der Waals surface area contributed by atoms with Crippen molar-refractivity contribution in [3.05, 3.63) is 35.1 Å². The summed E-state index contributed by atoms with van der Waals surface area (Å²) in [6.45, 7) is 7.49. The zero-order valence-electron chi connectivity index (χ0n) is 19.2. The molecule has 1 aliphatic carbocycles. The highest BCUT2D eigenvalue weighted by atomic mass is 35.5. The maximum absolute atomic E-state index is 9.61. The maximum atomic E-state index is 9.61. The first kappa shape index (κ1) is 22.1. The molecule has 5 rings (SSSR count). The van der Waals surface area contributed by atoms with Gasteiger partial charge in [0.2, 0.25) is 11.8 Å². The molecule has 3 heterocycles. The lowest BCUT2D eigenvalue weighted by molar-refractivity contribution is 0.0976. The van der Waals surface area contributed by atoms with E-state index in [0.717, 1.165) is 36.0 Å². The lowest BCUT2D eigenvalue weighted by Crippen LogP contribution is -2.45. The number of rotatable bonds is 4. The number of morpholine rings is 1. The Kier molecular flexibility index (Phi) is 6.22. The van der Waals surface area contributed by atoms with E-state index in [1.54, 1.807) is 0 Å². The van der Waals surface area contributed by atoms with Gasteiger partial charge < -0.3 is 14.2 Å². The van der Waals surface area contributed by atoms with Crippen molar-refractivity contribution in [1.29, 1.82) is 5.26 Å². The molecule has 1 aromatic carbocycles. The number of ether oxygens (including phenoxy) is 1. The molecule has 3 aromatic rings. The molecule has 2 aliphatic rings. The van der Waals surface area contributed by atoms with Crippen LogP contribution in [-0.2, 0) is 11.3 Å². The highest BCUT2D eigenvalue weighted by molar-refractivity contribution is 6.30. The van der Waals surface area contributed by atoms with Gasteiger partial charge in [0.1, 0.15) is 17.3 Å². The van der Waals surface area contributed by atoms with E-state index in [1.807, 2.05) is 24.3 Å². The summed E-state index contributed by atoms with van der Waals surface area (Å²) in [6, 6.07) is 9.94. The second-order valence-corrected chi connectivity index (χ2v) is 9.89. The predicted octanol–water partition coefficient (Wildman–Crippen LogP) is 5.07. The second kappa shape index (κ2) is 9.28. The maximum Gasteiger partial charge on any atom is 0.234 e. The van der Waals surface area contributed by atoms with E-state index in [4.69, 9.17) is 21.3 Å². The van der Waals surface area contributed by atoms with Crippen LogP contribution in [-0.4, -0.2) is 45.3 Å². The topological polar surface area (TPSA) is 79.9 Å². The molecule has 0 unspecified atom stereocenters. The largest absolute Gasteiger partial charge is 0.377 e. The van der Waals surface area contributed by atoms with Crippen molar-refractivity contribution >= 4 is 28.7 Å². The summed E-state index contributed by atoms with van der Waals surface area (Å²) < 4.78 is 7.99. The number of hydrogen-bond acceptors (Lipinski definition) is 6. The molecule has 1 saturated carbocycles. The van der Waals surface area contributed by atoms with Gasteiger partial charge in [0.25, 0.3) is 0 Å². The first-order valence-electron chi connectivity index (χ1n) is 11.8. The zero-order valence-corrected chi connectivity index (χ0v) is 19.9. The molecule has 33 heavy (non-hydrogen) atoms. The molecule has 1 atom stereocenters. The summed E-state index contributed by atoms with van der Waals surface area (Å²) in [7, 11) is 0. The van der Waals surface area contributed by atoms with Crippen molar-refractivity contribution < 1.29 is 4.74 Å². The van der Waals surface area contributed by atoms with Gasteiger partial charge in [0.05, 0.1) is 19.3 Å². The van der Waals surface area contributed by atoms with E-state index in [-0.39, 0.29) is 11.9 Å². The fourth-order valence-electron chi connectivity index (χ4n) is 5.10. The third kappa shape index (κ3) is 4.42. The number of hydrogen-bond donors (Lipinski definition) is 0. The Hall–Kier alpha value is -2.69. The summed E-state index contributed by atoms with van der Waals surface area (Å²) in [5, 5.41) is 10.2. The summed E-state index contributed by atoms with van der Waals surface area (Å²) in [6.07, 6.45) is 4.94. The quantitative estimate of drug-likeness (QED) is 0.536. The molecule has 0 amide bonds. The number of nitrogens with zero attached hydrogens (tertiary/aromatic N) is 6. The Morgan fingerprint density at radius 1 is 1.15 bits per heavy atom. The molecule has 2 fully saturated rings. The van der Waals surface area contributed by atoms with E-state index < -0.39 is 0 Å². The first-order chi connectivity index (χ1) is 16.0. The average molecular weight is 465 g/mol. The van der Waals surface area contributed by atoms with Crippen LogP contribution in [0.3, 0.4) is 0 Å². The number of imidazole rings is 1. The van der Waals surface area contributed by atoms with E-state index in [9.17, 15) is 5.26 Å². The first-order valence-corrected chi connectivity index (χ1v) is 12.2. The van der Waals surface area contributed by atoms with Crippen LogP contribution in [0.25, 0.3) is 22.4 Å². The van der Waals surface area contributed by atoms with Crippen LogP contribution in [0.15, 0.2) is 24.3 Å². The SMILES string of the molecule is C[C@@H]1COCCN1c1nc2nc(C#N)nc(-c3cccc(Cl)c3)c2n1C[C@H]1CC[C@H](C)CC1. The van der Waals surface area contributed by atoms with E-state index in [0.29, 0.717) is 35.5 Å². The number of nitriles is 1. The molecule has 0 radical (unpaired) electrons. The third-order valence-corrected chi connectivity index (χ3v) is 7.22. The summed E-state index contributed by atoms with van der Waals surface area (Å²) in [4.78, 5) is 16.4. The Morgan fingerprint density at radius 3 is 2.70 bits per heavy atom. The number of anilines is 1. The fourth-order valence-corrected chi connectivity index (χ4v) is 5.29. The van der Waals surface area contributed by atoms with Crippen molar-refractivity contribution in [1.82, 2.24) is 19.5 Å². The van der Waals surface area contributed by atoms with Gasteiger partial charge in [-0.15, -0.1) is 0 Å². The van der Waals surface area contributed by atoms with Gasteiger partial charge in [-0.05, 0) is 43.7 Å². The summed E-state index contributed by atoms with van der Waals surface area (Å²) in [5.41, 5.74) is 3.02. The second-order valence-electron chi connectivity index (χ2n) is 9.46. The average Bonchev–Trinajstić information content (AvgIpc) is 3.18. The lowest BCUT2D eigenvalue weighted by atomic mass is 9.83. The van der Waals surface area contributed by atoms with E-state index in [1.165, 1.54) is 25.7 Å². The van der Waals surface area contributed by atoms with Crippen LogP contribution >= 0.6 is 11.6 Å². The Bertz CT molecular complexity index is 1190. The van der Waals surface area contributed by atoms with Crippen LogP contribution in [0, 0.1) is 23.2 Å². The van der Waals surface area contributed by atoms with Crippen LogP contribution in [0.1, 0.15) is 45.4 Å². The van der Waals surface area contributed by atoms with E-state index in [2.05, 4.69) is 39.4 Å². The van der Waals surface area contributed by atoms with Gasteiger partial charge in [-0.1, -0.05) is 43.5 Å². The van der Waals surface area contributed by atoms with Crippen LogP contribution in [0.2, 0.25) is 5.02 Å². The minimum atomic E-state index is 0.121. The van der Waals surface area contributed by atoms with Crippen LogP contribution in [0.5, 0.6) is 0 Å². The number of halogens is 1. The van der Waals surface area contributed by atoms with Crippen molar-refractivity contribution in [3.63, 3.8) is 0 Å². The number of benzene rings is 1. The smallest absolute Gasteiger partial charge is 0.234 e. The van der Waals surface area contributed by atoms with Crippen molar-refractivity contribution in [2.75, 3.05) is 24.7 Å². The molecule has 1 aliphatic heterocycles. The predicted molar refractivity (Wildman–Crippen MR) is 129 cm³/mol. The van der Waals surface area contributed by atoms with Crippen LogP contribution < -0.4 is 4.90 Å². The van der Waals surface area contributed by atoms with Gasteiger partial charge in [0.15, 0.2) is 5.65 Å². The molecule has 1 saturated heterocycles. The van der Waals surface area contributed by atoms with Crippen molar-refractivity contribution in [3.8, 4) is 17.3 Å². The Morgan fingerprint density at radius 2 is 1.97 bits per heavy atom. The highest BCUT2D eigenvalue weighted by Gasteiger charge is 2.29. The minimum Gasteiger partial charge on any atom is -0.377 e. The van der Waals surface area contributed by atoms with Gasteiger partial charge in [-0.2, -0.15) is 15.2 Å². The molecule has 2 aromatic heterocycles.